The quantitative estimate of drug-likeness (QED) is 0.530. The Morgan fingerprint density at radius 3 is 1.00 bits per heavy atom. The summed E-state index contributed by atoms with van der Waals surface area (Å²) in [6.45, 7) is 0. The zero-order valence-corrected chi connectivity index (χ0v) is 11.6. The topological polar surface area (TPSA) is 0 Å². The first kappa shape index (κ1) is 25.2. The summed E-state index contributed by atoms with van der Waals surface area (Å²) >= 11 is 0. The van der Waals surface area contributed by atoms with Gasteiger partial charge in [0.25, 0.3) is 0 Å². The van der Waals surface area contributed by atoms with Crippen LogP contribution in [-0.2, 0) is 34.4 Å². The van der Waals surface area contributed by atoms with Gasteiger partial charge in [0.1, 0.15) is 0 Å². The normalized spacial score (nSPS) is 0. The van der Waals surface area contributed by atoms with Crippen molar-refractivity contribution in [1.82, 2.24) is 0 Å². The molecule has 0 unspecified atom stereocenters. The fraction of sp³-hybridized carbons (Fsp3) is 0. The Hall–Kier alpha value is 3.73. The summed E-state index contributed by atoms with van der Waals surface area (Å²) in [5.41, 5.74) is 0. The minimum Gasteiger partial charge on any atom is 0 e. The second-order valence-electron chi connectivity index (χ2n) is 0. The first-order valence-electron chi connectivity index (χ1n) is 0. The van der Waals surface area contributed by atoms with Crippen molar-refractivity contribution in [3.63, 3.8) is 0 Å². The fourth-order valence-corrected chi connectivity index (χ4v) is 0. The number of hydrogen-bond acceptors (Lipinski definition) is 0. The molecule has 0 aromatic rings. The Bertz CT molecular complexity index is 8.00. The molecule has 4 heteroatoms. The van der Waals surface area contributed by atoms with Crippen molar-refractivity contribution >= 4 is 45.5 Å². The van der Waals surface area contributed by atoms with Crippen molar-refractivity contribution < 1.29 is 70.0 Å². The second-order valence-corrected chi connectivity index (χ2v) is 0. The van der Waals surface area contributed by atoms with Crippen molar-refractivity contribution in [2.75, 3.05) is 0 Å². The van der Waals surface area contributed by atoms with Gasteiger partial charge in [0.15, 0.2) is 0 Å². The minimum atomic E-state index is 0. The van der Waals surface area contributed by atoms with Crippen molar-refractivity contribution in [3.8, 4) is 0 Å². The van der Waals surface area contributed by atoms with Crippen LogP contribution in [0.25, 0.3) is 0 Å². The summed E-state index contributed by atoms with van der Waals surface area (Å²) in [5.74, 6) is 0. The van der Waals surface area contributed by atoms with E-state index in [1.165, 1.54) is 0 Å². The molecule has 0 nitrogen and oxygen atoms in total. The summed E-state index contributed by atoms with van der Waals surface area (Å²) in [4.78, 5) is 0. The maximum atomic E-state index is 0. The van der Waals surface area contributed by atoms with Gasteiger partial charge >= 0.3 is 0 Å². The Kier molecular flexibility index (Phi) is 100.0. The molecule has 0 bridgehead atoms. The molecule has 18 valence electrons. The van der Waals surface area contributed by atoms with E-state index < -0.39 is 0 Å². The van der Waals surface area contributed by atoms with Crippen molar-refractivity contribution in [1.29, 1.82) is 0 Å². The van der Waals surface area contributed by atoms with Gasteiger partial charge in [-0.2, -0.15) is 0 Å². The number of rotatable bonds is 0. The molecule has 0 aliphatic carbocycles. The molecule has 0 aromatic carbocycles. The third-order valence-electron chi connectivity index (χ3n) is 0. The standard InChI is InChI=1S/Cr.La.Mn.Sr. The van der Waals surface area contributed by atoms with Crippen LogP contribution in [0.5, 0.6) is 0 Å². The molecule has 0 saturated carbocycles. The summed E-state index contributed by atoms with van der Waals surface area (Å²) in [6, 6.07) is 0. The van der Waals surface area contributed by atoms with Crippen LogP contribution in [-0.4, -0.2) is 45.5 Å². The summed E-state index contributed by atoms with van der Waals surface area (Å²) in [7, 11) is 0. The predicted molar refractivity (Wildman–Crippen MR) is 5.75 cm³/mol. The Labute approximate surface area is 112 Å². The van der Waals surface area contributed by atoms with Crippen LogP contribution in [0, 0.1) is 35.6 Å². The van der Waals surface area contributed by atoms with Gasteiger partial charge in [-0.15, -0.1) is 0 Å². The van der Waals surface area contributed by atoms with Gasteiger partial charge in [-0.25, -0.2) is 0 Å². The molecular formula is CrLaMnSr. The Morgan fingerprint density at radius 2 is 1.00 bits per heavy atom. The molecule has 0 rings (SSSR count). The van der Waals surface area contributed by atoms with Crippen molar-refractivity contribution in [2.24, 2.45) is 0 Å². The van der Waals surface area contributed by atoms with Gasteiger partial charge in [-0.3, -0.25) is 0 Å². The van der Waals surface area contributed by atoms with Gasteiger partial charge in [-0.1, -0.05) is 0 Å². The van der Waals surface area contributed by atoms with Crippen LogP contribution in [0.3, 0.4) is 0 Å². The van der Waals surface area contributed by atoms with Gasteiger partial charge in [0.05, 0.1) is 0 Å². The van der Waals surface area contributed by atoms with Crippen molar-refractivity contribution in [3.05, 3.63) is 0 Å². The first-order chi connectivity index (χ1) is 0. The largest absolute Gasteiger partial charge is 0 e. The molecule has 4 radical (unpaired) electrons. The van der Waals surface area contributed by atoms with E-state index in [2.05, 4.69) is 0 Å². The molecule has 0 atom stereocenters. The van der Waals surface area contributed by atoms with E-state index in [1.807, 2.05) is 0 Å². The molecule has 0 aliphatic rings. The van der Waals surface area contributed by atoms with Crippen LogP contribution in [0.15, 0.2) is 0 Å². The van der Waals surface area contributed by atoms with Crippen LogP contribution in [0.1, 0.15) is 0 Å². The smallest absolute Gasteiger partial charge is 0 e. The molecule has 0 heterocycles. The van der Waals surface area contributed by atoms with Crippen LogP contribution >= 0.6 is 0 Å². The fourth-order valence-electron chi connectivity index (χ4n) is 0. The maximum Gasteiger partial charge on any atom is 0 e. The zero-order valence-electron chi connectivity index (χ0n) is 2.07. The molecular weight excluding hydrogens is 333 g/mol. The Morgan fingerprint density at radius 1 is 1.00 bits per heavy atom. The SMILES string of the molecule is [Cr].[La].[Mn].[Sr]. The van der Waals surface area contributed by atoms with Crippen LogP contribution < -0.4 is 0 Å². The van der Waals surface area contributed by atoms with Crippen molar-refractivity contribution in [2.45, 2.75) is 0 Å². The van der Waals surface area contributed by atoms with Gasteiger partial charge in [-0.05, 0) is 0 Å². The van der Waals surface area contributed by atoms with Gasteiger partial charge in [0.2, 0.25) is 0 Å². The molecule has 0 aromatic heterocycles. The summed E-state index contributed by atoms with van der Waals surface area (Å²) < 4.78 is 0. The molecule has 0 amide bonds. The van der Waals surface area contributed by atoms with Crippen LogP contribution in [0.2, 0.25) is 0 Å². The molecule has 0 spiro atoms. The first-order valence-corrected chi connectivity index (χ1v) is 0. The summed E-state index contributed by atoms with van der Waals surface area (Å²) in [6.07, 6.45) is 0. The Balaban J connectivity index is 0. The molecule has 4 heavy (non-hydrogen) atoms. The van der Waals surface area contributed by atoms with E-state index >= 15 is 0 Å². The zero-order chi connectivity index (χ0) is 0. The van der Waals surface area contributed by atoms with Crippen LogP contribution in [0.4, 0.5) is 0 Å². The average Bonchev–Trinajstić information content (AvgIpc) is 0. The third kappa shape index (κ3) is 9.21. The molecule has 0 fully saturated rings. The second kappa shape index (κ2) is 15.9. The van der Waals surface area contributed by atoms with E-state index in [0.29, 0.717) is 0 Å². The van der Waals surface area contributed by atoms with E-state index in [9.17, 15) is 0 Å². The number of hydrogen-bond donors (Lipinski definition) is 0. The minimum absolute atomic E-state index is 0. The third-order valence-corrected chi connectivity index (χ3v) is 0. The monoisotopic (exact) mass is 334 g/mol. The summed E-state index contributed by atoms with van der Waals surface area (Å²) in [5, 5.41) is 0. The van der Waals surface area contributed by atoms with E-state index in [-0.39, 0.29) is 116 Å². The van der Waals surface area contributed by atoms with Gasteiger partial charge < -0.3 is 0 Å². The van der Waals surface area contributed by atoms with Gasteiger partial charge in [0, 0.05) is 116 Å². The maximum absolute atomic E-state index is 0. The van der Waals surface area contributed by atoms with E-state index in [4.69, 9.17) is 0 Å². The molecule has 0 saturated heterocycles. The molecule has 0 aliphatic heterocycles. The van der Waals surface area contributed by atoms with E-state index in [1.54, 1.807) is 0 Å². The average molecular weight is 333 g/mol. The predicted octanol–water partition coefficient (Wildman–Crippen LogP) is -0.386. The van der Waals surface area contributed by atoms with E-state index in [0.717, 1.165) is 0 Å². The molecule has 0 N–H and O–H groups in total.